The quantitative estimate of drug-likeness (QED) is 0.120. The SMILES string of the molecule is C=CC(=O)NP(=NP(NP)(NC(=O)C=C)(NC(=O)C=C)NC(=O)C=C)(NC(=O)C=C)NC(=O)C=C. The summed E-state index contributed by atoms with van der Waals surface area (Å²) in [5.74, 6) is -5.78. The van der Waals surface area contributed by atoms with Crippen LogP contribution in [0.2, 0.25) is 0 Å². The van der Waals surface area contributed by atoms with Gasteiger partial charge in [-0.3, -0.25) is 0 Å². The Morgan fingerprint density at radius 3 is 1.03 bits per heavy atom. The first-order valence-corrected chi connectivity index (χ1v) is 13.7. The Labute approximate surface area is 204 Å². The molecule has 14 nitrogen and oxygen atoms in total. The average Bonchev–Trinajstić information content (AvgIpc) is 2.83. The molecular formula is C18H27N8O6P3. The van der Waals surface area contributed by atoms with Crippen molar-refractivity contribution in [2.24, 2.45) is 4.52 Å². The van der Waals surface area contributed by atoms with Crippen LogP contribution in [0.1, 0.15) is 0 Å². The molecule has 0 aliphatic heterocycles. The summed E-state index contributed by atoms with van der Waals surface area (Å²) in [6, 6.07) is 0. The molecule has 35 heavy (non-hydrogen) atoms. The van der Waals surface area contributed by atoms with E-state index < -0.39 is 50.3 Å². The van der Waals surface area contributed by atoms with E-state index in [1.54, 1.807) is 0 Å². The van der Waals surface area contributed by atoms with Crippen molar-refractivity contribution in [3.8, 4) is 0 Å². The van der Waals surface area contributed by atoms with Crippen LogP contribution in [0.5, 0.6) is 0 Å². The minimum absolute atomic E-state index is 0.784. The molecule has 0 aromatic heterocycles. The molecule has 190 valence electrons. The molecule has 1 unspecified atom stereocenters. The van der Waals surface area contributed by atoms with Gasteiger partial charge >= 0.3 is 204 Å². The first-order valence-electron chi connectivity index (χ1n) is 9.16. The van der Waals surface area contributed by atoms with Crippen LogP contribution < -0.4 is 35.4 Å². The molecule has 0 rings (SSSR count). The van der Waals surface area contributed by atoms with Crippen LogP contribution in [0.3, 0.4) is 0 Å². The van der Waals surface area contributed by atoms with E-state index in [1.165, 1.54) is 0 Å². The Balaban J connectivity index is 8.01. The molecule has 0 saturated heterocycles. The molecule has 0 heterocycles. The van der Waals surface area contributed by atoms with E-state index in [-0.39, 0.29) is 0 Å². The third-order valence-electron chi connectivity index (χ3n) is 3.48. The van der Waals surface area contributed by atoms with Gasteiger partial charge in [-0.15, -0.1) is 0 Å². The van der Waals surface area contributed by atoms with Gasteiger partial charge in [0.1, 0.15) is 0 Å². The molecule has 0 aromatic carbocycles. The second-order valence-electron chi connectivity index (χ2n) is 6.01. The maximum atomic E-state index is 12.5. The zero-order valence-corrected chi connectivity index (χ0v) is 21.5. The van der Waals surface area contributed by atoms with Gasteiger partial charge in [0, 0.05) is 0 Å². The summed E-state index contributed by atoms with van der Waals surface area (Å²) in [5, 5.41) is 13.8. The molecule has 0 aliphatic carbocycles. The van der Waals surface area contributed by atoms with Crippen molar-refractivity contribution in [3.05, 3.63) is 75.9 Å². The summed E-state index contributed by atoms with van der Waals surface area (Å²) in [6.45, 7) is 19.9. The third kappa shape index (κ3) is 8.88. The Morgan fingerprint density at radius 1 is 0.571 bits per heavy atom. The van der Waals surface area contributed by atoms with Gasteiger partial charge in [-0.05, 0) is 0 Å². The summed E-state index contributed by atoms with van der Waals surface area (Å²) in [5.41, 5.74) is 0. The van der Waals surface area contributed by atoms with Gasteiger partial charge in [-0.2, -0.15) is 0 Å². The first kappa shape index (κ1) is 31.3. The van der Waals surface area contributed by atoms with E-state index in [9.17, 15) is 28.8 Å². The molecule has 6 amide bonds. The van der Waals surface area contributed by atoms with Gasteiger partial charge in [-0.25, -0.2) is 0 Å². The number of nitrogens with zero attached hydrogens (tertiary/aromatic N) is 1. The fourth-order valence-corrected chi connectivity index (χ4v) is 9.88. The fraction of sp³-hybridized carbons (Fsp3) is 0. The zero-order chi connectivity index (χ0) is 27.3. The van der Waals surface area contributed by atoms with E-state index >= 15 is 0 Å². The van der Waals surface area contributed by atoms with Gasteiger partial charge < -0.3 is 0 Å². The van der Waals surface area contributed by atoms with E-state index in [4.69, 9.17) is 0 Å². The van der Waals surface area contributed by atoms with Crippen molar-refractivity contribution in [3.63, 3.8) is 0 Å². The van der Waals surface area contributed by atoms with E-state index in [0.717, 1.165) is 36.5 Å². The minimum atomic E-state index is -5.33. The number of carbonyl (C=O) groups excluding carboxylic acids is 6. The van der Waals surface area contributed by atoms with Crippen LogP contribution in [0.25, 0.3) is 0 Å². The van der Waals surface area contributed by atoms with Crippen LogP contribution in [0.15, 0.2) is 80.4 Å². The third-order valence-corrected chi connectivity index (χ3v) is 11.6. The van der Waals surface area contributed by atoms with Crippen molar-refractivity contribution in [1.29, 1.82) is 0 Å². The van der Waals surface area contributed by atoms with Gasteiger partial charge in [0.05, 0.1) is 0 Å². The number of rotatable bonds is 14. The molecule has 0 aromatic rings. The van der Waals surface area contributed by atoms with Crippen LogP contribution in [-0.2, 0) is 28.8 Å². The van der Waals surface area contributed by atoms with Crippen LogP contribution in [-0.4, -0.2) is 35.4 Å². The summed E-state index contributed by atoms with van der Waals surface area (Å²) in [7, 11) is -7.66. The molecule has 1 atom stereocenters. The van der Waals surface area contributed by atoms with Crippen molar-refractivity contribution < 1.29 is 28.8 Å². The first-order chi connectivity index (χ1) is 16.3. The zero-order valence-electron chi connectivity index (χ0n) is 18.6. The molecule has 0 bridgehead atoms. The summed E-state index contributed by atoms with van der Waals surface area (Å²) >= 11 is 0. The molecule has 7 N–H and O–H groups in total. The number of carbonyl (C=O) groups is 6. The molecule has 17 heteroatoms. The van der Waals surface area contributed by atoms with Crippen LogP contribution >= 0.6 is 24.3 Å². The maximum absolute atomic E-state index is 12.5. The second-order valence-corrected chi connectivity index (χ2v) is 12.5. The van der Waals surface area contributed by atoms with Crippen molar-refractivity contribution in [2.45, 2.75) is 0 Å². The van der Waals surface area contributed by atoms with Crippen molar-refractivity contribution >= 4 is 59.7 Å². The molecule has 0 fully saturated rings. The number of hydrogen-bond acceptors (Lipinski definition) is 8. The Bertz CT molecular complexity index is 951. The Morgan fingerprint density at radius 2 is 0.829 bits per heavy atom. The molecule has 0 saturated carbocycles. The molecule has 0 radical (unpaired) electrons. The van der Waals surface area contributed by atoms with Crippen molar-refractivity contribution in [1.82, 2.24) is 35.4 Å². The van der Waals surface area contributed by atoms with E-state index in [1.807, 2.05) is 9.39 Å². The van der Waals surface area contributed by atoms with Gasteiger partial charge in [-0.1, -0.05) is 0 Å². The van der Waals surface area contributed by atoms with Crippen LogP contribution in [0.4, 0.5) is 0 Å². The Kier molecular flexibility index (Phi) is 11.9. The Hall–Kier alpha value is -3.69. The van der Waals surface area contributed by atoms with E-state index in [2.05, 4.69) is 79.4 Å². The molecule has 0 aliphatic rings. The topological polar surface area (TPSA) is 199 Å². The number of hydrogen-bond donors (Lipinski definition) is 7. The van der Waals surface area contributed by atoms with Gasteiger partial charge in [0.15, 0.2) is 0 Å². The van der Waals surface area contributed by atoms with Gasteiger partial charge in [0.2, 0.25) is 0 Å². The fourth-order valence-electron chi connectivity index (χ4n) is 2.09. The standard InChI is InChI=1S/C18H27N8O6P3/c1-7-13(27)19-34(20-14(28)8-2,21-15(29)9-3)26-35(25-33,22-16(30)10-4,23-17(31)11-5)24-18(32)12-6/h7-12,25H,1-6,33H2,(H,19,27)(H,20,28)(H,21,29)(H,22,30)(H,23,31)(H,24,32). The number of amides is 6. The van der Waals surface area contributed by atoms with Crippen LogP contribution in [0, 0.1) is 0 Å². The predicted octanol–water partition coefficient (Wildman–Crippen LogP) is 0.254. The second kappa shape index (κ2) is 13.3. The molecular weight excluding hydrogens is 517 g/mol. The number of nitrogens with one attached hydrogen (secondary N) is 7. The predicted molar refractivity (Wildman–Crippen MR) is 139 cm³/mol. The average molecular weight is 544 g/mol. The van der Waals surface area contributed by atoms with Gasteiger partial charge in [0.25, 0.3) is 0 Å². The summed E-state index contributed by atoms with van der Waals surface area (Å²) in [4.78, 5) is 77.0. The molecule has 0 spiro atoms. The van der Waals surface area contributed by atoms with Crippen molar-refractivity contribution in [2.75, 3.05) is 0 Å². The summed E-state index contributed by atoms with van der Waals surface area (Å²) < 4.78 is 4.35. The monoisotopic (exact) mass is 544 g/mol. The normalized spacial score (nSPS) is 11.4. The van der Waals surface area contributed by atoms with E-state index in [0.29, 0.717) is 0 Å². The summed E-state index contributed by atoms with van der Waals surface area (Å²) in [6.07, 6.45) is 4.73.